The second-order valence-corrected chi connectivity index (χ2v) is 5.37. The largest absolute Gasteiger partial charge is 0.545 e. The maximum atomic E-state index is 12.9. The molecule has 20 heavy (non-hydrogen) atoms. The summed E-state index contributed by atoms with van der Waals surface area (Å²) < 4.78 is 12.9. The van der Waals surface area contributed by atoms with Gasteiger partial charge in [0.1, 0.15) is 5.82 Å². The standard InChI is InChI=1S/C15H18FNO3/c1-15(2,3)17(13(18)8-9-14(19)20)10-11-4-6-12(16)7-5-11/h4-9H,10H2,1-3H3,(H,19,20)/p-1/b9-8+. The second-order valence-electron chi connectivity index (χ2n) is 5.37. The van der Waals surface area contributed by atoms with Crippen LogP contribution in [0.4, 0.5) is 4.39 Å². The Kier molecular flexibility index (Phi) is 5.02. The number of carbonyl (C=O) groups is 2. The highest BCUT2D eigenvalue weighted by atomic mass is 19.1. The van der Waals surface area contributed by atoms with Crippen LogP contribution in [0, 0.1) is 5.82 Å². The summed E-state index contributed by atoms with van der Waals surface area (Å²) in [6.07, 6.45) is 1.66. The van der Waals surface area contributed by atoms with Gasteiger partial charge in [-0.2, -0.15) is 0 Å². The number of nitrogens with zero attached hydrogens (tertiary/aromatic N) is 1. The van der Waals surface area contributed by atoms with Gasteiger partial charge in [0.05, 0.1) is 5.97 Å². The van der Waals surface area contributed by atoms with E-state index in [9.17, 15) is 19.1 Å². The third-order valence-electron chi connectivity index (χ3n) is 2.69. The summed E-state index contributed by atoms with van der Waals surface area (Å²) in [5.74, 6) is -2.21. The molecule has 0 aliphatic carbocycles. The van der Waals surface area contributed by atoms with Crippen LogP contribution in [0.25, 0.3) is 0 Å². The minimum atomic E-state index is -1.42. The number of hydrogen-bond acceptors (Lipinski definition) is 3. The Morgan fingerprint density at radius 3 is 2.20 bits per heavy atom. The van der Waals surface area contributed by atoms with Crippen LogP contribution in [0.2, 0.25) is 0 Å². The highest BCUT2D eigenvalue weighted by Crippen LogP contribution is 2.18. The van der Waals surface area contributed by atoms with Gasteiger partial charge in [0.15, 0.2) is 0 Å². The zero-order chi connectivity index (χ0) is 15.3. The Labute approximate surface area is 117 Å². The van der Waals surface area contributed by atoms with Crippen LogP contribution >= 0.6 is 0 Å². The third-order valence-corrected chi connectivity index (χ3v) is 2.69. The quantitative estimate of drug-likeness (QED) is 0.779. The van der Waals surface area contributed by atoms with Crippen molar-refractivity contribution in [3.63, 3.8) is 0 Å². The van der Waals surface area contributed by atoms with Crippen molar-refractivity contribution in [3.8, 4) is 0 Å². The number of carbonyl (C=O) groups excluding carboxylic acids is 2. The van der Waals surface area contributed by atoms with Crippen LogP contribution in [0.15, 0.2) is 36.4 Å². The zero-order valence-corrected chi connectivity index (χ0v) is 11.7. The average molecular weight is 278 g/mol. The fraction of sp³-hybridized carbons (Fsp3) is 0.333. The Morgan fingerprint density at radius 2 is 1.75 bits per heavy atom. The van der Waals surface area contributed by atoms with Crippen LogP contribution in [0.1, 0.15) is 26.3 Å². The summed E-state index contributed by atoms with van der Waals surface area (Å²) in [5.41, 5.74) is 0.262. The van der Waals surface area contributed by atoms with Crippen LogP contribution in [0.5, 0.6) is 0 Å². The molecule has 1 amide bonds. The summed E-state index contributed by atoms with van der Waals surface area (Å²) in [7, 11) is 0. The monoisotopic (exact) mass is 278 g/mol. The first-order chi connectivity index (χ1) is 9.20. The molecule has 0 saturated carbocycles. The lowest BCUT2D eigenvalue weighted by atomic mass is 10.0. The minimum Gasteiger partial charge on any atom is -0.545 e. The molecule has 0 saturated heterocycles. The molecule has 0 atom stereocenters. The fourth-order valence-electron chi connectivity index (χ4n) is 1.65. The van der Waals surface area contributed by atoms with Crippen molar-refractivity contribution in [2.75, 3.05) is 0 Å². The SMILES string of the molecule is CC(C)(C)N(Cc1ccc(F)cc1)C(=O)/C=C/C(=O)[O-]. The minimum absolute atomic E-state index is 0.264. The summed E-state index contributed by atoms with van der Waals surface area (Å²) in [5, 5.41) is 10.4. The van der Waals surface area contributed by atoms with Gasteiger partial charge in [-0.3, -0.25) is 4.79 Å². The molecule has 1 rings (SSSR count). The topological polar surface area (TPSA) is 60.4 Å². The van der Waals surface area contributed by atoms with E-state index in [1.54, 1.807) is 12.1 Å². The molecule has 0 fully saturated rings. The number of hydrogen-bond donors (Lipinski definition) is 0. The molecule has 0 spiro atoms. The van der Waals surface area contributed by atoms with Crippen molar-refractivity contribution in [1.82, 2.24) is 4.90 Å². The Bertz CT molecular complexity index is 515. The second kappa shape index (κ2) is 6.32. The van der Waals surface area contributed by atoms with E-state index in [0.29, 0.717) is 6.08 Å². The molecule has 0 N–H and O–H groups in total. The van der Waals surface area contributed by atoms with Gasteiger partial charge >= 0.3 is 0 Å². The number of benzene rings is 1. The molecule has 0 radical (unpaired) electrons. The van der Waals surface area contributed by atoms with Crippen molar-refractivity contribution >= 4 is 11.9 Å². The highest BCUT2D eigenvalue weighted by Gasteiger charge is 2.24. The molecule has 5 heteroatoms. The molecule has 4 nitrogen and oxygen atoms in total. The number of rotatable bonds is 4. The maximum Gasteiger partial charge on any atom is 0.247 e. The first-order valence-corrected chi connectivity index (χ1v) is 6.15. The average Bonchev–Trinajstić information content (AvgIpc) is 2.33. The van der Waals surface area contributed by atoms with E-state index >= 15 is 0 Å². The fourth-order valence-corrected chi connectivity index (χ4v) is 1.65. The molecule has 0 aromatic heterocycles. The lowest BCUT2D eigenvalue weighted by Crippen LogP contribution is -2.44. The van der Waals surface area contributed by atoms with E-state index in [1.165, 1.54) is 17.0 Å². The van der Waals surface area contributed by atoms with E-state index in [0.717, 1.165) is 11.6 Å². The zero-order valence-electron chi connectivity index (χ0n) is 11.7. The van der Waals surface area contributed by atoms with E-state index in [2.05, 4.69) is 0 Å². The van der Waals surface area contributed by atoms with Gasteiger partial charge in [-0.1, -0.05) is 12.1 Å². The van der Waals surface area contributed by atoms with Crippen molar-refractivity contribution in [2.45, 2.75) is 32.9 Å². The molecule has 0 aliphatic rings. The summed E-state index contributed by atoms with van der Waals surface area (Å²) in [6, 6.07) is 5.81. The van der Waals surface area contributed by atoms with Gasteiger partial charge in [-0.05, 0) is 44.5 Å². The molecule has 0 aliphatic heterocycles. The van der Waals surface area contributed by atoms with Gasteiger partial charge in [-0.25, -0.2) is 4.39 Å². The molecular formula is C15H17FNO3-. The lowest BCUT2D eigenvalue weighted by molar-refractivity contribution is -0.297. The summed E-state index contributed by atoms with van der Waals surface area (Å²) in [6.45, 7) is 5.77. The van der Waals surface area contributed by atoms with Gasteiger partial charge in [0.2, 0.25) is 5.91 Å². The Morgan fingerprint density at radius 1 is 1.20 bits per heavy atom. The number of aliphatic carboxylic acids is 1. The summed E-state index contributed by atoms with van der Waals surface area (Å²) in [4.78, 5) is 23.9. The molecule has 108 valence electrons. The normalized spacial score (nSPS) is 11.6. The molecule has 0 bridgehead atoms. The van der Waals surface area contributed by atoms with E-state index in [1.807, 2.05) is 20.8 Å². The van der Waals surface area contributed by atoms with Crippen LogP contribution in [-0.2, 0) is 16.1 Å². The molecule has 0 unspecified atom stereocenters. The number of carboxylic acid groups (broad SMARTS) is 1. The van der Waals surface area contributed by atoms with Crippen LogP contribution in [0.3, 0.4) is 0 Å². The molecule has 0 heterocycles. The van der Waals surface area contributed by atoms with Gasteiger partial charge in [0, 0.05) is 18.2 Å². The Hall–Kier alpha value is -2.17. The van der Waals surface area contributed by atoms with Crippen molar-refractivity contribution in [2.24, 2.45) is 0 Å². The predicted molar refractivity (Wildman–Crippen MR) is 70.9 cm³/mol. The van der Waals surface area contributed by atoms with Crippen molar-refractivity contribution in [1.29, 1.82) is 0 Å². The van der Waals surface area contributed by atoms with Crippen LogP contribution in [-0.4, -0.2) is 22.3 Å². The first kappa shape index (κ1) is 15.9. The lowest BCUT2D eigenvalue weighted by Gasteiger charge is -2.35. The number of halogens is 1. The van der Waals surface area contributed by atoms with Crippen molar-refractivity contribution in [3.05, 3.63) is 47.8 Å². The van der Waals surface area contributed by atoms with Gasteiger partial charge < -0.3 is 14.8 Å². The first-order valence-electron chi connectivity index (χ1n) is 6.15. The number of carboxylic acids is 1. The van der Waals surface area contributed by atoms with E-state index in [4.69, 9.17) is 0 Å². The number of amides is 1. The van der Waals surface area contributed by atoms with Gasteiger partial charge in [0.25, 0.3) is 0 Å². The maximum absolute atomic E-state index is 12.9. The summed E-state index contributed by atoms with van der Waals surface area (Å²) >= 11 is 0. The van der Waals surface area contributed by atoms with E-state index < -0.39 is 17.4 Å². The molecule has 1 aromatic carbocycles. The molecule has 1 aromatic rings. The van der Waals surface area contributed by atoms with E-state index in [-0.39, 0.29) is 12.4 Å². The van der Waals surface area contributed by atoms with Crippen molar-refractivity contribution < 1.29 is 19.1 Å². The predicted octanol–water partition coefficient (Wildman–Crippen LogP) is 1.26. The van der Waals surface area contributed by atoms with Crippen LogP contribution < -0.4 is 5.11 Å². The molecular weight excluding hydrogens is 261 g/mol. The smallest absolute Gasteiger partial charge is 0.247 e. The highest BCUT2D eigenvalue weighted by molar-refractivity contribution is 5.93. The Balaban J connectivity index is 2.93. The third kappa shape index (κ3) is 4.84. The van der Waals surface area contributed by atoms with Gasteiger partial charge in [-0.15, -0.1) is 0 Å².